The van der Waals surface area contributed by atoms with E-state index in [1.165, 1.54) is 0 Å². The second kappa shape index (κ2) is 10.8. The molecule has 0 amide bonds. The van der Waals surface area contributed by atoms with Crippen LogP contribution in [0.1, 0.15) is 42.7 Å². The van der Waals surface area contributed by atoms with Crippen molar-refractivity contribution in [1.29, 1.82) is 0 Å². The van der Waals surface area contributed by atoms with Gasteiger partial charge in [-0.2, -0.15) is 0 Å². The van der Waals surface area contributed by atoms with Gasteiger partial charge in [-0.1, -0.05) is 35.9 Å². The third-order valence-electron chi connectivity index (χ3n) is 6.78. The van der Waals surface area contributed by atoms with Gasteiger partial charge in [0.25, 0.3) is 0 Å². The summed E-state index contributed by atoms with van der Waals surface area (Å²) in [5.41, 5.74) is 5.08. The van der Waals surface area contributed by atoms with Crippen molar-refractivity contribution in [2.75, 3.05) is 39.3 Å². The number of hydrogen-bond acceptors (Lipinski definition) is 6. The fourth-order valence-corrected chi connectivity index (χ4v) is 5.12. The lowest BCUT2D eigenvalue weighted by Gasteiger charge is -2.36. The van der Waals surface area contributed by atoms with Crippen LogP contribution < -0.4 is 4.90 Å². The standard InChI is InChI=1S/C28H31ClN2O4/c1-17-25(28(33)35-14-13-34-4)26(19-7-11-22(12-8-19)31(2)3)27-23(30-17)15-20(16-24(27)32)18-5-9-21(29)10-6-18/h5-12,20,25-26H,13-16H2,1-4H3/t20-,25?,26-/m0/s1. The molecule has 2 aliphatic rings. The van der Waals surface area contributed by atoms with E-state index in [2.05, 4.69) is 0 Å². The summed E-state index contributed by atoms with van der Waals surface area (Å²) in [7, 11) is 5.51. The summed E-state index contributed by atoms with van der Waals surface area (Å²) in [6.07, 6.45) is 1.00. The molecule has 7 heteroatoms. The van der Waals surface area contributed by atoms with Gasteiger partial charge in [0.1, 0.15) is 12.5 Å². The molecule has 3 atom stereocenters. The lowest BCUT2D eigenvalue weighted by atomic mass is 9.69. The van der Waals surface area contributed by atoms with Crippen molar-refractivity contribution in [3.63, 3.8) is 0 Å². The monoisotopic (exact) mass is 494 g/mol. The molecular formula is C28H31ClN2O4. The fourth-order valence-electron chi connectivity index (χ4n) is 4.99. The molecule has 0 radical (unpaired) electrons. The molecular weight excluding hydrogens is 464 g/mol. The Morgan fingerprint density at radius 2 is 1.69 bits per heavy atom. The van der Waals surface area contributed by atoms with Crippen molar-refractivity contribution in [2.45, 2.75) is 31.6 Å². The fraction of sp³-hybridized carbons (Fsp3) is 0.393. The van der Waals surface area contributed by atoms with E-state index in [4.69, 9.17) is 26.1 Å². The maximum Gasteiger partial charge on any atom is 0.315 e. The highest BCUT2D eigenvalue weighted by Crippen LogP contribution is 2.47. The van der Waals surface area contributed by atoms with Crippen LogP contribution >= 0.6 is 11.6 Å². The Morgan fingerprint density at radius 3 is 2.31 bits per heavy atom. The molecule has 0 spiro atoms. The summed E-state index contributed by atoms with van der Waals surface area (Å²) in [6, 6.07) is 15.6. The van der Waals surface area contributed by atoms with Crippen molar-refractivity contribution in [3.8, 4) is 0 Å². The summed E-state index contributed by atoms with van der Waals surface area (Å²) < 4.78 is 10.6. The van der Waals surface area contributed by atoms with Gasteiger partial charge in [-0.3, -0.25) is 14.6 Å². The number of aliphatic imine (C=N–C) groups is 1. The zero-order valence-corrected chi connectivity index (χ0v) is 21.3. The largest absolute Gasteiger partial charge is 0.463 e. The number of nitrogens with zero attached hydrogens (tertiary/aromatic N) is 2. The van der Waals surface area contributed by atoms with Crippen molar-refractivity contribution in [3.05, 3.63) is 76.0 Å². The molecule has 1 unspecified atom stereocenters. The van der Waals surface area contributed by atoms with Crippen LogP contribution in [0.15, 0.2) is 64.8 Å². The van der Waals surface area contributed by atoms with Crippen LogP contribution in [-0.4, -0.2) is 51.9 Å². The summed E-state index contributed by atoms with van der Waals surface area (Å²) in [5.74, 6) is -1.43. The summed E-state index contributed by atoms with van der Waals surface area (Å²) in [4.78, 5) is 33.7. The first-order valence-corrected chi connectivity index (χ1v) is 12.2. The first-order valence-electron chi connectivity index (χ1n) is 11.8. The predicted octanol–water partition coefficient (Wildman–Crippen LogP) is 5.17. The number of Topliss-reactive ketones (excluding diaryl/α,β-unsaturated/α-hetero) is 1. The molecule has 4 rings (SSSR count). The molecule has 1 heterocycles. The number of anilines is 1. The van der Waals surface area contributed by atoms with E-state index >= 15 is 0 Å². The van der Waals surface area contributed by atoms with Gasteiger partial charge >= 0.3 is 5.97 Å². The number of rotatable bonds is 7. The maximum absolute atomic E-state index is 13.6. The molecule has 0 saturated carbocycles. The summed E-state index contributed by atoms with van der Waals surface area (Å²) in [5, 5.41) is 0.665. The first-order chi connectivity index (χ1) is 16.8. The Balaban J connectivity index is 1.74. The van der Waals surface area contributed by atoms with Gasteiger partial charge in [0.2, 0.25) is 0 Å². The van der Waals surface area contributed by atoms with E-state index in [-0.39, 0.29) is 24.3 Å². The molecule has 2 aromatic rings. The van der Waals surface area contributed by atoms with Crippen molar-refractivity contribution >= 4 is 34.8 Å². The third-order valence-corrected chi connectivity index (χ3v) is 7.04. The molecule has 35 heavy (non-hydrogen) atoms. The van der Waals surface area contributed by atoms with Crippen LogP contribution in [0.4, 0.5) is 5.69 Å². The number of benzene rings is 2. The Bertz CT molecular complexity index is 1150. The minimum Gasteiger partial charge on any atom is -0.463 e. The number of allylic oxidation sites excluding steroid dienone is 2. The van der Waals surface area contributed by atoms with Crippen LogP contribution in [0.25, 0.3) is 0 Å². The minimum absolute atomic E-state index is 0.0250. The SMILES string of the molecule is COCCOC(=O)C1C(C)=NC2=C(C(=O)C[C@@H](c3ccc(Cl)cc3)C2)[C@H]1c1ccc(N(C)C)cc1. The number of ether oxygens (including phenoxy) is 2. The highest BCUT2D eigenvalue weighted by Gasteiger charge is 2.44. The van der Waals surface area contributed by atoms with Gasteiger partial charge in [0.05, 0.1) is 6.61 Å². The van der Waals surface area contributed by atoms with Crippen LogP contribution in [0.3, 0.4) is 0 Å². The molecule has 0 saturated heterocycles. The highest BCUT2D eigenvalue weighted by atomic mass is 35.5. The smallest absolute Gasteiger partial charge is 0.315 e. The van der Waals surface area contributed by atoms with Gasteiger partial charge in [-0.25, -0.2) is 0 Å². The number of ketones is 1. The number of halogens is 1. The number of esters is 1. The molecule has 2 aromatic carbocycles. The third kappa shape index (κ3) is 5.34. The second-order valence-corrected chi connectivity index (χ2v) is 9.73. The average Bonchev–Trinajstić information content (AvgIpc) is 2.83. The molecule has 0 N–H and O–H groups in total. The number of methoxy groups -OCH3 is 1. The van der Waals surface area contributed by atoms with Crippen molar-refractivity contribution in [2.24, 2.45) is 10.9 Å². The number of carbonyl (C=O) groups is 2. The van der Waals surface area contributed by atoms with Gasteiger partial charge in [-0.05, 0) is 54.7 Å². The van der Waals surface area contributed by atoms with Gasteiger partial charge in [-0.15, -0.1) is 0 Å². The van der Waals surface area contributed by atoms with E-state index in [0.29, 0.717) is 35.8 Å². The van der Waals surface area contributed by atoms with Crippen LogP contribution in [-0.2, 0) is 19.1 Å². The zero-order chi connectivity index (χ0) is 25.1. The zero-order valence-electron chi connectivity index (χ0n) is 20.6. The van der Waals surface area contributed by atoms with E-state index in [0.717, 1.165) is 22.5 Å². The molecule has 0 fully saturated rings. The Labute approximate surface area is 211 Å². The quantitative estimate of drug-likeness (QED) is 0.392. The summed E-state index contributed by atoms with van der Waals surface area (Å²) in [6.45, 7) is 2.32. The van der Waals surface area contributed by atoms with Crippen molar-refractivity contribution in [1.82, 2.24) is 0 Å². The molecule has 0 bridgehead atoms. The highest BCUT2D eigenvalue weighted by molar-refractivity contribution is 6.30. The first kappa shape index (κ1) is 25.1. The molecule has 6 nitrogen and oxygen atoms in total. The molecule has 1 aliphatic carbocycles. The lowest BCUT2D eigenvalue weighted by molar-refractivity contribution is -0.147. The maximum atomic E-state index is 13.6. The molecule has 1 aliphatic heterocycles. The number of hydrogen-bond donors (Lipinski definition) is 0. The minimum atomic E-state index is -0.660. The van der Waals surface area contributed by atoms with Crippen LogP contribution in [0, 0.1) is 5.92 Å². The van der Waals surface area contributed by atoms with E-state index in [1.807, 2.05) is 74.4 Å². The normalized spacial score (nSPS) is 21.9. The molecule has 184 valence electrons. The van der Waals surface area contributed by atoms with Gasteiger partial charge in [0, 0.05) is 61.2 Å². The van der Waals surface area contributed by atoms with Gasteiger partial charge in [0.15, 0.2) is 5.78 Å². The second-order valence-electron chi connectivity index (χ2n) is 9.30. The Kier molecular flexibility index (Phi) is 7.72. The topological polar surface area (TPSA) is 68.2 Å². The lowest BCUT2D eigenvalue weighted by Crippen LogP contribution is -2.38. The van der Waals surface area contributed by atoms with E-state index < -0.39 is 11.8 Å². The predicted molar refractivity (Wildman–Crippen MR) is 138 cm³/mol. The van der Waals surface area contributed by atoms with Crippen molar-refractivity contribution < 1.29 is 19.1 Å². The Hall–Kier alpha value is -2.96. The van der Waals surface area contributed by atoms with E-state index in [1.54, 1.807) is 7.11 Å². The van der Waals surface area contributed by atoms with E-state index in [9.17, 15) is 9.59 Å². The van der Waals surface area contributed by atoms with Crippen LogP contribution in [0.2, 0.25) is 5.02 Å². The Morgan fingerprint density at radius 1 is 1.03 bits per heavy atom. The average molecular weight is 495 g/mol. The van der Waals surface area contributed by atoms with Crippen LogP contribution in [0.5, 0.6) is 0 Å². The summed E-state index contributed by atoms with van der Waals surface area (Å²) >= 11 is 6.06. The molecule has 0 aromatic heterocycles. The number of carbonyl (C=O) groups excluding carboxylic acids is 2. The van der Waals surface area contributed by atoms with Gasteiger partial charge < -0.3 is 14.4 Å².